The molecule has 0 fully saturated rings. The van der Waals surface area contributed by atoms with Crippen LogP contribution in [0.4, 0.5) is 15.8 Å². The van der Waals surface area contributed by atoms with E-state index in [4.69, 9.17) is 16.3 Å². The summed E-state index contributed by atoms with van der Waals surface area (Å²) < 4.78 is 17.8. The SMILES string of the molecule is COC(=O)c1cc(Nc2ccc(F)cc2)c2cc(Cl)ccc2n1. The van der Waals surface area contributed by atoms with Crippen molar-refractivity contribution in [3.8, 4) is 0 Å². The van der Waals surface area contributed by atoms with Crippen molar-refractivity contribution in [2.75, 3.05) is 12.4 Å². The number of hydrogen-bond donors (Lipinski definition) is 1. The molecule has 0 spiro atoms. The predicted octanol–water partition coefficient (Wildman–Crippen LogP) is 4.56. The van der Waals surface area contributed by atoms with Crippen molar-refractivity contribution in [1.82, 2.24) is 4.98 Å². The van der Waals surface area contributed by atoms with Crippen molar-refractivity contribution in [2.24, 2.45) is 0 Å². The Morgan fingerprint density at radius 1 is 1.17 bits per heavy atom. The molecule has 1 heterocycles. The van der Waals surface area contributed by atoms with Crippen LogP contribution in [0.5, 0.6) is 0 Å². The molecule has 0 aliphatic carbocycles. The highest BCUT2D eigenvalue weighted by molar-refractivity contribution is 6.31. The number of fused-ring (bicyclic) bond motifs is 1. The molecule has 0 radical (unpaired) electrons. The molecule has 0 saturated carbocycles. The molecule has 4 nitrogen and oxygen atoms in total. The van der Waals surface area contributed by atoms with Gasteiger partial charge in [-0.05, 0) is 48.5 Å². The second-order valence-corrected chi connectivity index (χ2v) is 5.28. The Hall–Kier alpha value is -2.66. The number of ether oxygens (including phenoxy) is 1. The van der Waals surface area contributed by atoms with E-state index < -0.39 is 5.97 Å². The maximum atomic E-state index is 13.0. The van der Waals surface area contributed by atoms with Crippen molar-refractivity contribution in [1.29, 1.82) is 0 Å². The molecule has 116 valence electrons. The summed E-state index contributed by atoms with van der Waals surface area (Å²) in [6, 6.07) is 12.6. The molecule has 1 N–H and O–H groups in total. The molecule has 23 heavy (non-hydrogen) atoms. The summed E-state index contributed by atoms with van der Waals surface area (Å²) in [5.74, 6) is -0.863. The third-order valence-electron chi connectivity index (χ3n) is 3.29. The molecule has 0 saturated heterocycles. The van der Waals surface area contributed by atoms with E-state index in [9.17, 15) is 9.18 Å². The smallest absolute Gasteiger partial charge is 0.356 e. The molecular formula is C17H12ClFN2O2. The summed E-state index contributed by atoms with van der Waals surface area (Å²) in [4.78, 5) is 16.1. The Kier molecular flexibility index (Phi) is 4.12. The van der Waals surface area contributed by atoms with Gasteiger partial charge in [0.05, 0.1) is 18.3 Å². The van der Waals surface area contributed by atoms with Gasteiger partial charge in [-0.1, -0.05) is 11.6 Å². The van der Waals surface area contributed by atoms with Crippen LogP contribution in [0.15, 0.2) is 48.5 Å². The van der Waals surface area contributed by atoms with Crippen LogP contribution in [0.25, 0.3) is 10.9 Å². The van der Waals surface area contributed by atoms with Gasteiger partial charge in [0.25, 0.3) is 0 Å². The number of benzene rings is 2. The Morgan fingerprint density at radius 2 is 1.91 bits per heavy atom. The zero-order valence-electron chi connectivity index (χ0n) is 12.1. The molecule has 6 heteroatoms. The van der Waals surface area contributed by atoms with Gasteiger partial charge in [0.1, 0.15) is 5.82 Å². The maximum Gasteiger partial charge on any atom is 0.356 e. The Bertz CT molecular complexity index is 882. The van der Waals surface area contributed by atoms with E-state index in [0.29, 0.717) is 21.9 Å². The van der Waals surface area contributed by atoms with E-state index in [-0.39, 0.29) is 11.5 Å². The van der Waals surface area contributed by atoms with Crippen LogP contribution in [0.1, 0.15) is 10.5 Å². The standard InChI is InChI=1S/C17H12ClFN2O2/c1-23-17(22)16-9-15(20-12-5-3-11(19)4-6-12)13-8-10(18)2-7-14(13)21-16/h2-9H,1H3,(H,20,21). The lowest BCUT2D eigenvalue weighted by Gasteiger charge is -2.12. The topological polar surface area (TPSA) is 51.2 Å². The lowest BCUT2D eigenvalue weighted by atomic mass is 10.1. The van der Waals surface area contributed by atoms with E-state index >= 15 is 0 Å². The second kappa shape index (κ2) is 6.22. The molecule has 0 unspecified atom stereocenters. The highest BCUT2D eigenvalue weighted by Crippen LogP contribution is 2.29. The number of carbonyl (C=O) groups is 1. The van der Waals surface area contributed by atoms with Crippen molar-refractivity contribution < 1.29 is 13.9 Å². The Balaban J connectivity index is 2.13. The maximum absolute atomic E-state index is 13.0. The summed E-state index contributed by atoms with van der Waals surface area (Å²) in [5, 5.41) is 4.44. The van der Waals surface area contributed by atoms with Gasteiger partial charge in [-0.15, -0.1) is 0 Å². The van der Waals surface area contributed by atoms with Gasteiger partial charge in [-0.25, -0.2) is 14.2 Å². The van der Waals surface area contributed by atoms with Gasteiger partial charge in [0, 0.05) is 16.1 Å². The summed E-state index contributed by atoms with van der Waals surface area (Å²) in [6.07, 6.45) is 0. The highest BCUT2D eigenvalue weighted by Gasteiger charge is 2.13. The first kappa shape index (κ1) is 15.2. The van der Waals surface area contributed by atoms with Gasteiger partial charge >= 0.3 is 5.97 Å². The quantitative estimate of drug-likeness (QED) is 0.715. The third-order valence-corrected chi connectivity index (χ3v) is 3.52. The highest BCUT2D eigenvalue weighted by atomic mass is 35.5. The van der Waals surface area contributed by atoms with E-state index in [1.165, 1.54) is 19.2 Å². The zero-order valence-corrected chi connectivity index (χ0v) is 12.9. The molecule has 0 aliphatic heterocycles. The number of pyridine rings is 1. The second-order valence-electron chi connectivity index (χ2n) is 4.84. The number of methoxy groups -OCH3 is 1. The van der Waals surface area contributed by atoms with E-state index in [1.54, 1.807) is 36.4 Å². The van der Waals surface area contributed by atoms with E-state index in [0.717, 1.165) is 5.39 Å². The van der Waals surface area contributed by atoms with Gasteiger partial charge < -0.3 is 10.1 Å². The van der Waals surface area contributed by atoms with Crippen LogP contribution >= 0.6 is 11.6 Å². The summed E-state index contributed by atoms with van der Waals surface area (Å²) >= 11 is 6.05. The first-order valence-corrected chi connectivity index (χ1v) is 7.16. The summed E-state index contributed by atoms with van der Waals surface area (Å²) in [7, 11) is 1.29. The number of halogens is 2. The van der Waals surface area contributed by atoms with Crippen LogP contribution < -0.4 is 5.32 Å². The number of nitrogens with zero attached hydrogens (tertiary/aromatic N) is 1. The minimum absolute atomic E-state index is 0.173. The molecule has 3 rings (SSSR count). The number of nitrogens with one attached hydrogen (secondary N) is 1. The average Bonchev–Trinajstić information content (AvgIpc) is 2.56. The van der Waals surface area contributed by atoms with E-state index in [1.807, 2.05) is 0 Å². The molecule has 0 amide bonds. The van der Waals surface area contributed by atoms with Gasteiger partial charge in [0.15, 0.2) is 5.69 Å². The van der Waals surface area contributed by atoms with Crippen LogP contribution in [0.3, 0.4) is 0 Å². The lowest BCUT2D eigenvalue weighted by molar-refractivity contribution is 0.0594. The lowest BCUT2D eigenvalue weighted by Crippen LogP contribution is -2.06. The molecule has 3 aromatic rings. The average molecular weight is 331 g/mol. The Labute approximate surface area is 136 Å². The molecule has 0 bridgehead atoms. The first-order chi connectivity index (χ1) is 11.1. The first-order valence-electron chi connectivity index (χ1n) is 6.78. The molecule has 2 aromatic carbocycles. The number of hydrogen-bond acceptors (Lipinski definition) is 4. The molecular weight excluding hydrogens is 319 g/mol. The van der Waals surface area contributed by atoms with Crippen LogP contribution in [0.2, 0.25) is 5.02 Å². The molecule has 0 atom stereocenters. The number of anilines is 2. The fraction of sp³-hybridized carbons (Fsp3) is 0.0588. The largest absolute Gasteiger partial charge is 0.464 e. The molecule has 1 aromatic heterocycles. The van der Waals surface area contributed by atoms with Gasteiger partial charge in [0.2, 0.25) is 0 Å². The van der Waals surface area contributed by atoms with Gasteiger partial charge in [-0.3, -0.25) is 0 Å². The number of aromatic nitrogens is 1. The number of rotatable bonds is 3. The predicted molar refractivity (Wildman–Crippen MR) is 87.8 cm³/mol. The summed E-state index contributed by atoms with van der Waals surface area (Å²) in [5.41, 5.74) is 2.08. The van der Waals surface area contributed by atoms with Crippen molar-refractivity contribution in [3.05, 3.63) is 65.1 Å². The minimum atomic E-state index is -0.538. The van der Waals surface area contributed by atoms with Crippen molar-refractivity contribution in [3.63, 3.8) is 0 Å². The summed E-state index contributed by atoms with van der Waals surface area (Å²) in [6.45, 7) is 0. The fourth-order valence-corrected chi connectivity index (χ4v) is 2.37. The van der Waals surface area contributed by atoms with Crippen molar-refractivity contribution >= 4 is 39.8 Å². The minimum Gasteiger partial charge on any atom is -0.464 e. The third kappa shape index (κ3) is 3.24. The Morgan fingerprint density at radius 3 is 2.61 bits per heavy atom. The van der Waals surface area contributed by atoms with Crippen LogP contribution in [-0.4, -0.2) is 18.1 Å². The van der Waals surface area contributed by atoms with Crippen LogP contribution in [-0.2, 0) is 4.74 Å². The van der Waals surface area contributed by atoms with Crippen LogP contribution in [0, 0.1) is 5.82 Å². The van der Waals surface area contributed by atoms with Gasteiger partial charge in [-0.2, -0.15) is 0 Å². The van der Waals surface area contributed by atoms with Crippen molar-refractivity contribution in [2.45, 2.75) is 0 Å². The molecule has 0 aliphatic rings. The normalized spacial score (nSPS) is 10.6. The number of carbonyl (C=O) groups excluding carboxylic acids is 1. The fourth-order valence-electron chi connectivity index (χ4n) is 2.20. The number of esters is 1. The monoisotopic (exact) mass is 330 g/mol. The zero-order chi connectivity index (χ0) is 16.4. The van der Waals surface area contributed by atoms with E-state index in [2.05, 4.69) is 10.3 Å².